The van der Waals surface area contributed by atoms with E-state index in [2.05, 4.69) is 10.0 Å². The van der Waals surface area contributed by atoms with Crippen LogP contribution < -0.4 is 19.5 Å². The summed E-state index contributed by atoms with van der Waals surface area (Å²) in [7, 11) is -2.14. The first kappa shape index (κ1) is 20.0. The molecule has 0 aliphatic carbocycles. The second-order valence-corrected chi connectivity index (χ2v) is 7.34. The number of halogens is 1. The van der Waals surface area contributed by atoms with Gasteiger partial charge in [-0.3, -0.25) is 4.79 Å². The third-order valence-electron chi connectivity index (χ3n) is 3.29. The van der Waals surface area contributed by atoms with Crippen LogP contribution in [0.25, 0.3) is 0 Å². The van der Waals surface area contributed by atoms with Gasteiger partial charge in [0.2, 0.25) is 10.0 Å². The van der Waals surface area contributed by atoms with Crippen LogP contribution in [-0.4, -0.2) is 41.1 Å². The lowest BCUT2D eigenvalue weighted by Crippen LogP contribution is -2.36. The number of nitrogens with one attached hydrogen (secondary N) is 2. The topological polar surface area (TPSA) is 93.7 Å². The number of hydrogen-bond donors (Lipinski definition) is 2. The summed E-state index contributed by atoms with van der Waals surface area (Å²) >= 11 is 5.73. The van der Waals surface area contributed by atoms with Gasteiger partial charge in [0.15, 0.2) is 18.1 Å². The van der Waals surface area contributed by atoms with E-state index >= 15 is 0 Å². The molecule has 0 radical (unpaired) electrons. The van der Waals surface area contributed by atoms with Gasteiger partial charge < -0.3 is 14.8 Å². The Balaban J connectivity index is 1.74. The zero-order chi connectivity index (χ0) is 19.0. The normalized spacial score (nSPS) is 11.0. The zero-order valence-corrected chi connectivity index (χ0v) is 15.6. The second-order valence-electron chi connectivity index (χ2n) is 5.14. The van der Waals surface area contributed by atoms with Crippen molar-refractivity contribution in [1.82, 2.24) is 10.0 Å². The highest BCUT2D eigenvalue weighted by Crippen LogP contribution is 2.25. The average Bonchev–Trinajstić information content (AvgIpc) is 2.64. The van der Waals surface area contributed by atoms with Gasteiger partial charge in [0.25, 0.3) is 5.91 Å². The number of sulfonamides is 1. The minimum atomic E-state index is -3.65. The molecule has 1 amide bonds. The first-order valence-corrected chi connectivity index (χ1v) is 9.56. The van der Waals surface area contributed by atoms with Crippen LogP contribution in [0.5, 0.6) is 11.5 Å². The van der Waals surface area contributed by atoms with Crippen LogP contribution in [0.1, 0.15) is 0 Å². The number of benzene rings is 2. The molecule has 0 saturated carbocycles. The van der Waals surface area contributed by atoms with Crippen molar-refractivity contribution < 1.29 is 22.7 Å². The summed E-state index contributed by atoms with van der Waals surface area (Å²) in [5.41, 5.74) is 0. The zero-order valence-electron chi connectivity index (χ0n) is 14.1. The summed E-state index contributed by atoms with van der Waals surface area (Å²) < 4.78 is 37.0. The lowest BCUT2D eigenvalue weighted by atomic mass is 10.3. The molecular weight excluding hydrogens is 380 g/mol. The average molecular weight is 399 g/mol. The van der Waals surface area contributed by atoms with Crippen molar-refractivity contribution in [1.29, 1.82) is 0 Å². The molecule has 7 nitrogen and oxygen atoms in total. The van der Waals surface area contributed by atoms with Crippen LogP contribution in [-0.2, 0) is 14.8 Å². The van der Waals surface area contributed by atoms with Crippen LogP contribution in [0.4, 0.5) is 0 Å². The van der Waals surface area contributed by atoms with E-state index in [-0.39, 0.29) is 30.5 Å². The predicted molar refractivity (Wildman–Crippen MR) is 98.1 cm³/mol. The molecule has 0 saturated heterocycles. The molecule has 9 heteroatoms. The Morgan fingerprint density at radius 2 is 1.69 bits per heavy atom. The molecule has 0 unspecified atom stereocenters. The lowest BCUT2D eigenvalue weighted by Gasteiger charge is -2.11. The van der Waals surface area contributed by atoms with Gasteiger partial charge in [-0.15, -0.1) is 0 Å². The molecule has 140 valence electrons. The van der Waals surface area contributed by atoms with E-state index in [0.29, 0.717) is 16.5 Å². The summed E-state index contributed by atoms with van der Waals surface area (Å²) in [5, 5.41) is 3.02. The molecule has 2 aromatic carbocycles. The minimum absolute atomic E-state index is 0.0470. The van der Waals surface area contributed by atoms with Gasteiger partial charge in [0, 0.05) is 18.1 Å². The number of rotatable bonds is 9. The Hall–Kier alpha value is -2.29. The van der Waals surface area contributed by atoms with Gasteiger partial charge in [-0.1, -0.05) is 23.7 Å². The molecule has 0 aliphatic rings. The highest BCUT2D eigenvalue weighted by molar-refractivity contribution is 7.89. The SMILES string of the molecule is COc1ccccc1OCC(=O)NCCNS(=O)(=O)c1ccc(Cl)cc1. The van der Waals surface area contributed by atoms with E-state index in [1.807, 2.05) is 0 Å². The van der Waals surface area contributed by atoms with Gasteiger partial charge in [-0.2, -0.15) is 0 Å². The third-order valence-corrected chi connectivity index (χ3v) is 5.02. The van der Waals surface area contributed by atoms with Crippen molar-refractivity contribution >= 4 is 27.5 Å². The Morgan fingerprint density at radius 3 is 2.35 bits per heavy atom. The van der Waals surface area contributed by atoms with Crippen LogP contribution in [0.15, 0.2) is 53.4 Å². The molecule has 2 rings (SSSR count). The first-order chi connectivity index (χ1) is 12.4. The largest absolute Gasteiger partial charge is 0.493 e. The van der Waals surface area contributed by atoms with E-state index in [0.717, 1.165) is 0 Å². The van der Waals surface area contributed by atoms with Gasteiger partial charge in [0.05, 0.1) is 12.0 Å². The maximum absolute atomic E-state index is 12.1. The smallest absolute Gasteiger partial charge is 0.257 e. The summed E-state index contributed by atoms with van der Waals surface area (Å²) in [6.45, 7) is -0.0311. The van der Waals surface area contributed by atoms with Crippen molar-refractivity contribution in [3.63, 3.8) is 0 Å². The lowest BCUT2D eigenvalue weighted by molar-refractivity contribution is -0.123. The monoisotopic (exact) mass is 398 g/mol. The fourth-order valence-corrected chi connectivity index (χ4v) is 3.17. The Labute approximate surface area is 157 Å². The fraction of sp³-hybridized carbons (Fsp3) is 0.235. The maximum atomic E-state index is 12.1. The first-order valence-electron chi connectivity index (χ1n) is 7.70. The van der Waals surface area contributed by atoms with Crippen LogP contribution >= 0.6 is 11.6 Å². The molecule has 0 aliphatic heterocycles. The van der Waals surface area contributed by atoms with E-state index in [1.54, 1.807) is 24.3 Å². The van der Waals surface area contributed by atoms with Crippen molar-refractivity contribution in [3.05, 3.63) is 53.6 Å². The Morgan fingerprint density at radius 1 is 1.04 bits per heavy atom. The van der Waals surface area contributed by atoms with Crippen molar-refractivity contribution in [3.8, 4) is 11.5 Å². The second kappa shape index (κ2) is 9.42. The Bertz CT molecular complexity index is 840. The third kappa shape index (κ3) is 5.91. The summed E-state index contributed by atoms with van der Waals surface area (Å²) in [5.74, 6) is 0.603. The van der Waals surface area contributed by atoms with Crippen molar-refractivity contribution in [2.24, 2.45) is 0 Å². The molecule has 0 atom stereocenters. The quantitative estimate of drug-likeness (QED) is 0.628. The molecular formula is C17H19ClN2O5S. The van der Waals surface area contributed by atoms with Gasteiger partial charge in [0.1, 0.15) is 0 Å². The van der Waals surface area contributed by atoms with Crippen LogP contribution in [0, 0.1) is 0 Å². The number of methoxy groups -OCH3 is 1. The number of amides is 1. The van der Waals surface area contributed by atoms with E-state index in [4.69, 9.17) is 21.1 Å². The number of hydrogen-bond acceptors (Lipinski definition) is 5. The van der Waals surface area contributed by atoms with E-state index in [1.165, 1.54) is 31.4 Å². The summed E-state index contributed by atoms with van der Waals surface area (Å²) in [4.78, 5) is 11.9. The number of para-hydroxylation sites is 2. The molecule has 0 spiro atoms. The molecule has 0 heterocycles. The van der Waals surface area contributed by atoms with Gasteiger partial charge in [-0.25, -0.2) is 13.1 Å². The fourth-order valence-electron chi connectivity index (χ4n) is 2.02. The molecule has 0 fully saturated rings. The van der Waals surface area contributed by atoms with E-state index < -0.39 is 10.0 Å². The maximum Gasteiger partial charge on any atom is 0.257 e. The highest BCUT2D eigenvalue weighted by Gasteiger charge is 2.13. The molecule has 0 aromatic heterocycles. The predicted octanol–water partition coefficient (Wildman–Crippen LogP) is 1.82. The van der Waals surface area contributed by atoms with Crippen LogP contribution in [0.2, 0.25) is 5.02 Å². The molecule has 2 N–H and O–H groups in total. The molecule has 2 aromatic rings. The number of carbonyl (C=O) groups excluding carboxylic acids is 1. The highest BCUT2D eigenvalue weighted by atomic mass is 35.5. The minimum Gasteiger partial charge on any atom is -0.493 e. The van der Waals surface area contributed by atoms with Gasteiger partial charge in [-0.05, 0) is 36.4 Å². The molecule has 0 bridgehead atoms. The molecule has 26 heavy (non-hydrogen) atoms. The van der Waals surface area contributed by atoms with E-state index in [9.17, 15) is 13.2 Å². The Kier molecular flexibility index (Phi) is 7.26. The van der Waals surface area contributed by atoms with Crippen molar-refractivity contribution in [2.75, 3.05) is 26.8 Å². The van der Waals surface area contributed by atoms with Crippen LogP contribution in [0.3, 0.4) is 0 Å². The van der Waals surface area contributed by atoms with Gasteiger partial charge >= 0.3 is 0 Å². The number of ether oxygens (including phenoxy) is 2. The summed E-state index contributed by atoms with van der Waals surface area (Å²) in [6, 6.07) is 12.8. The summed E-state index contributed by atoms with van der Waals surface area (Å²) in [6.07, 6.45) is 0. The standard InChI is InChI=1S/C17H19ClN2O5S/c1-24-15-4-2-3-5-16(15)25-12-17(21)19-10-11-20-26(22,23)14-8-6-13(18)7-9-14/h2-9,20H,10-12H2,1H3,(H,19,21). The number of carbonyl (C=O) groups is 1. The van der Waals surface area contributed by atoms with Crippen molar-refractivity contribution in [2.45, 2.75) is 4.90 Å².